The highest BCUT2D eigenvalue weighted by Gasteiger charge is 2.28. The van der Waals surface area contributed by atoms with Gasteiger partial charge >= 0.3 is 18.7 Å². The fraction of sp³-hybridized carbons (Fsp3) is 0.276. The minimum atomic E-state index is -2.96. The van der Waals surface area contributed by atoms with Gasteiger partial charge < -0.3 is 28.8 Å². The Bertz CT molecular complexity index is 1480. The molecule has 4 rings (SSSR count). The number of hydrogen-bond donors (Lipinski definition) is 1. The molecule has 42 heavy (non-hydrogen) atoms. The normalized spacial score (nSPS) is 12.0. The van der Waals surface area contributed by atoms with Gasteiger partial charge in [-0.15, -0.1) is 0 Å². The number of carbonyl (C=O) groups is 2. The molecule has 0 aliphatic carbocycles. The summed E-state index contributed by atoms with van der Waals surface area (Å²) in [5.74, 6) is -0.0512. The predicted molar refractivity (Wildman–Crippen MR) is 144 cm³/mol. The highest BCUT2D eigenvalue weighted by atomic mass is 19.3. The van der Waals surface area contributed by atoms with Gasteiger partial charge in [-0.1, -0.05) is 47.6 Å². The first-order valence-electron chi connectivity index (χ1n) is 12.8. The summed E-state index contributed by atoms with van der Waals surface area (Å²) in [6.07, 6.45) is 0.146. The fourth-order valence-electron chi connectivity index (χ4n) is 3.52. The van der Waals surface area contributed by atoms with Crippen LogP contribution in [0.3, 0.4) is 0 Å². The number of nitrogens with zero attached hydrogens (tertiary/aromatic N) is 3. The second-order valence-electron chi connectivity index (χ2n) is 9.85. The van der Waals surface area contributed by atoms with Crippen molar-refractivity contribution in [3.05, 3.63) is 84.4 Å². The van der Waals surface area contributed by atoms with Gasteiger partial charge in [0.2, 0.25) is 17.6 Å². The molecular formula is C29H28F2N4O7. The van der Waals surface area contributed by atoms with E-state index in [0.717, 1.165) is 11.8 Å². The summed E-state index contributed by atoms with van der Waals surface area (Å²) in [6, 6.07) is 17.3. The van der Waals surface area contributed by atoms with Crippen molar-refractivity contribution in [3.8, 4) is 28.8 Å². The predicted octanol–water partition coefficient (Wildman–Crippen LogP) is 5.70. The summed E-state index contributed by atoms with van der Waals surface area (Å²) >= 11 is 0. The Morgan fingerprint density at radius 1 is 1.00 bits per heavy atom. The van der Waals surface area contributed by atoms with Crippen LogP contribution in [0.1, 0.15) is 32.2 Å². The Morgan fingerprint density at radius 2 is 1.79 bits per heavy atom. The summed E-state index contributed by atoms with van der Waals surface area (Å²) in [5.41, 5.74) is 0.505. The van der Waals surface area contributed by atoms with Gasteiger partial charge in [-0.3, -0.25) is 0 Å². The lowest BCUT2D eigenvalue weighted by Crippen LogP contribution is -2.45. The van der Waals surface area contributed by atoms with Crippen molar-refractivity contribution in [3.63, 3.8) is 0 Å². The van der Waals surface area contributed by atoms with Crippen molar-refractivity contribution in [2.75, 3.05) is 0 Å². The number of esters is 1. The van der Waals surface area contributed by atoms with Crippen molar-refractivity contribution in [2.24, 2.45) is 0 Å². The van der Waals surface area contributed by atoms with Crippen LogP contribution in [-0.4, -0.2) is 45.4 Å². The van der Waals surface area contributed by atoms with E-state index in [2.05, 4.69) is 25.2 Å². The Hall–Kier alpha value is -5.07. The molecule has 1 amide bonds. The number of pyridine rings is 1. The Morgan fingerprint density at radius 3 is 2.48 bits per heavy atom. The quantitative estimate of drug-likeness (QED) is 0.219. The second-order valence-corrected chi connectivity index (χ2v) is 9.85. The van der Waals surface area contributed by atoms with E-state index in [1.54, 1.807) is 57.2 Å². The molecule has 2 heterocycles. The van der Waals surface area contributed by atoms with Crippen LogP contribution in [0.2, 0.25) is 0 Å². The largest absolute Gasteiger partial charge is 0.459 e. The van der Waals surface area contributed by atoms with Crippen LogP contribution in [-0.2, 0) is 27.3 Å². The number of hydrogen-bond acceptors (Lipinski definition) is 10. The van der Waals surface area contributed by atoms with E-state index in [4.69, 9.17) is 18.7 Å². The van der Waals surface area contributed by atoms with Crippen molar-refractivity contribution in [1.29, 1.82) is 0 Å². The lowest BCUT2D eigenvalue weighted by molar-refractivity contribution is -0.147. The first kappa shape index (κ1) is 29.9. The second kappa shape index (κ2) is 13.5. The van der Waals surface area contributed by atoms with E-state index in [-0.39, 0.29) is 36.4 Å². The van der Waals surface area contributed by atoms with E-state index in [1.807, 2.05) is 18.2 Å². The Kier molecular flexibility index (Phi) is 9.63. The molecule has 1 atom stereocenters. The lowest BCUT2D eigenvalue weighted by atomic mass is 10.2. The summed E-state index contributed by atoms with van der Waals surface area (Å²) in [4.78, 5) is 33.7. The third-order valence-electron chi connectivity index (χ3n) is 5.30. The maximum absolute atomic E-state index is 12.9. The third kappa shape index (κ3) is 9.25. The number of rotatable bonds is 11. The Labute approximate surface area is 239 Å². The molecule has 0 spiro atoms. The van der Waals surface area contributed by atoms with Crippen molar-refractivity contribution >= 4 is 12.1 Å². The van der Waals surface area contributed by atoms with E-state index in [9.17, 15) is 18.4 Å². The van der Waals surface area contributed by atoms with Crippen LogP contribution in [0.15, 0.2) is 77.4 Å². The Balaban J connectivity index is 1.44. The molecule has 4 aromatic rings. The molecule has 0 saturated carbocycles. The molecule has 0 bridgehead atoms. The molecular weight excluding hydrogens is 554 g/mol. The van der Waals surface area contributed by atoms with Crippen LogP contribution in [0, 0.1) is 0 Å². The van der Waals surface area contributed by atoms with Crippen LogP contribution in [0.25, 0.3) is 11.4 Å². The molecule has 0 radical (unpaired) electrons. The van der Waals surface area contributed by atoms with Crippen LogP contribution < -0.4 is 14.8 Å². The highest BCUT2D eigenvalue weighted by Crippen LogP contribution is 2.26. The minimum absolute atomic E-state index is 0.00484. The van der Waals surface area contributed by atoms with Gasteiger partial charge in [-0.25, -0.2) is 14.6 Å². The van der Waals surface area contributed by atoms with Gasteiger partial charge in [0.05, 0.1) is 12.6 Å². The number of aromatic nitrogens is 3. The fourth-order valence-corrected chi connectivity index (χ4v) is 3.52. The van der Waals surface area contributed by atoms with Gasteiger partial charge in [-0.05, 0) is 44.5 Å². The zero-order chi connectivity index (χ0) is 30.1. The number of alkyl carbamates (subject to hydrolysis) is 1. The molecule has 0 unspecified atom stereocenters. The molecule has 2 aromatic carbocycles. The van der Waals surface area contributed by atoms with Gasteiger partial charge in [0.25, 0.3) is 0 Å². The maximum Gasteiger partial charge on any atom is 0.408 e. The highest BCUT2D eigenvalue weighted by molar-refractivity contribution is 5.81. The first-order chi connectivity index (χ1) is 20.0. The smallest absolute Gasteiger partial charge is 0.408 e. The minimum Gasteiger partial charge on any atom is -0.459 e. The molecule has 11 nitrogen and oxygen atoms in total. The molecule has 2 aromatic heterocycles. The third-order valence-corrected chi connectivity index (χ3v) is 5.30. The molecule has 220 valence electrons. The summed E-state index contributed by atoms with van der Waals surface area (Å²) < 4.78 is 50.7. The monoisotopic (exact) mass is 582 g/mol. The standard InChI is InChI=1S/C29H28F2N4O7/c1-29(2,3)41-28(37)33-22(26(36)38-17-18-8-5-4-6-9-18)15-24-34-25(35-42-24)19-10-7-11-20(14-19)39-23-13-12-21(16-32-23)40-27(30)31/h4-14,16,22,27H,15,17H2,1-3H3,(H,33,37)/t22-/m0/s1. The lowest BCUT2D eigenvalue weighted by Gasteiger charge is -2.22. The van der Waals surface area contributed by atoms with Gasteiger partial charge in [0.1, 0.15) is 29.7 Å². The van der Waals surface area contributed by atoms with Gasteiger partial charge in [-0.2, -0.15) is 13.8 Å². The number of ether oxygens (including phenoxy) is 4. The maximum atomic E-state index is 12.9. The number of alkyl halides is 2. The molecule has 0 aliphatic rings. The van der Waals surface area contributed by atoms with Crippen LogP contribution >= 0.6 is 0 Å². The van der Waals surface area contributed by atoms with Crippen LogP contribution in [0.5, 0.6) is 17.4 Å². The van der Waals surface area contributed by atoms with E-state index >= 15 is 0 Å². The number of amides is 1. The first-order valence-corrected chi connectivity index (χ1v) is 12.8. The number of benzene rings is 2. The molecule has 0 aliphatic heterocycles. The van der Waals surface area contributed by atoms with Crippen LogP contribution in [0.4, 0.5) is 13.6 Å². The number of nitrogens with one attached hydrogen (secondary N) is 1. The number of halogens is 2. The van der Waals surface area contributed by atoms with Gasteiger partial charge in [0.15, 0.2) is 0 Å². The summed E-state index contributed by atoms with van der Waals surface area (Å²) in [7, 11) is 0. The SMILES string of the molecule is CC(C)(C)OC(=O)N[C@@H](Cc1nc(-c2cccc(Oc3ccc(OC(F)F)cn3)c2)no1)C(=O)OCc1ccccc1. The van der Waals surface area contributed by atoms with Crippen molar-refractivity contribution in [2.45, 2.75) is 52.1 Å². The number of carbonyl (C=O) groups excluding carboxylic acids is 2. The average molecular weight is 583 g/mol. The van der Waals surface area contributed by atoms with E-state index in [0.29, 0.717) is 11.3 Å². The van der Waals surface area contributed by atoms with Crippen molar-refractivity contribution < 1.29 is 41.8 Å². The van der Waals surface area contributed by atoms with Crippen molar-refractivity contribution in [1.82, 2.24) is 20.4 Å². The zero-order valence-corrected chi connectivity index (χ0v) is 23.0. The molecule has 1 N–H and O–H groups in total. The summed E-state index contributed by atoms with van der Waals surface area (Å²) in [5, 5.41) is 6.49. The van der Waals surface area contributed by atoms with Gasteiger partial charge in [0, 0.05) is 11.6 Å². The molecule has 0 fully saturated rings. The average Bonchev–Trinajstić information content (AvgIpc) is 3.40. The summed E-state index contributed by atoms with van der Waals surface area (Å²) in [6.45, 7) is 2.14. The van der Waals surface area contributed by atoms with E-state index < -0.39 is 30.3 Å². The topological polar surface area (TPSA) is 135 Å². The molecule has 13 heteroatoms. The zero-order valence-electron chi connectivity index (χ0n) is 23.0. The molecule has 0 saturated heterocycles. The van der Waals surface area contributed by atoms with E-state index in [1.165, 1.54) is 12.1 Å².